The summed E-state index contributed by atoms with van der Waals surface area (Å²) in [5.74, 6) is 1.83. The highest BCUT2D eigenvalue weighted by Crippen LogP contribution is 2.22. The van der Waals surface area contributed by atoms with Gasteiger partial charge in [0.2, 0.25) is 0 Å². The Balaban J connectivity index is 1.45. The van der Waals surface area contributed by atoms with E-state index in [4.69, 9.17) is 9.73 Å². The lowest BCUT2D eigenvalue weighted by molar-refractivity contribution is 0.0957. The second-order valence-electron chi connectivity index (χ2n) is 7.00. The van der Waals surface area contributed by atoms with Gasteiger partial charge in [-0.3, -0.25) is 9.79 Å². The summed E-state index contributed by atoms with van der Waals surface area (Å²) in [4.78, 5) is 22.2. The number of aliphatic imine (C=N–C) groups is 1. The van der Waals surface area contributed by atoms with Gasteiger partial charge in [0.25, 0.3) is 5.91 Å². The first-order chi connectivity index (χ1) is 14.7. The Bertz CT molecular complexity index is 817. The van der Waals surface area contributed by atoms with Crippen LogP contribution in [0.15, 0.2) is 46.8 Å². The van der Waals surface area contributed by atoms with Gasteiger partial charge in [-0.2, -0.15) is 0 Å². The second kappa shape index (κ2) is 11.4. The lowest BCUT2D eigenvalue weighted by atomic mass is 10.2. The Kier molecular flexibility index (Phi) is 8.38. The molecule has 1 aliphatic heterocycles. The van der Waals surface area contributed by atoms with Gasteiger partial charge in [-0.15, -0.1) is 11.3 Å². The monoisotopic (exact) mass is 429 g/mol. The number of nitrogens with zero attached hydrogens (tertiary/aromatic N) is 3. The van der Waals surface area contributed by atoms with E-state index in [1.807, 2.05) is 29.6 Å². The SMILES string of the molecule is CCNC(=NCCCNC(=O)c1cccs1)N1CCN(c2cccc(OC)c2)CC1. The number of rotatable bonds is 8. The second-order valence-corrected chi connectivity index (χ2v) is 7.95. The van der Waals surface area contributed by atoms with E-state index in [0.29, 0.717) is 13.1 Å². The average Bonchev–Trinajstić information content (AvgIpc) is 3.33. The minimum Gasteiger partial charge on any atom is -0.497 e. The smallest absolute Gasteiger partial charge is 0.261 e. The number of benzene rings is 1. The van der Waals surface area contributed by atoms with Gasteiger partial charge in [0.05, 0.1) is 12.0 Å². The quantitative estimate of drug-likeness (QED) is 0.384. The highest BCUT2D eigenvalue weighted by molar-refractivity contribution is 7.12. The zero-order valence-corrected chi connectivity index (χ0v) is 18.6. The fraction of sp³-hybridized carbons (Fsp3) is 0.455. The average molecular weight is 430 g/mol. The van der Waals surface area contributed by atoms with Crippen LogP contribution in [0.4, 0.5) is 5.69 Å². The molecule has 2 aromatic rings. The van der Waals surface area contributed by atoms with E-state index < -0.39 is 0 Å². The lowest BCUT2D eigenvalue weighted by Crippen LogP contribution is -2.52. The molecule has 30 heavy (non-hydrogen) atoms. The molecule has 7 nitrogen and oxygen atoms in total. The summed E-state index contributed by atoms with van der Waals surface area (Å²) >= 11 is 1.46. The summed E-state index contributed by atoms with van der Waals surface area (Å²) in [6, 6.07) is 11.9. The first kappa shape index (κ1) is 22.0. The molecule has 0 saturated carbocycles. The van der Waals surface area contributed by atoms with Crippen molar-refractivity contribution in [1.29, 1.82) is 0 Å². The molecule has 0 bridgehead atoms. The molecule has 1 aliphatic rings. The minimum atomic E-state index is -0.00505. The molecule has 0 atom stereocenters. The van der Waals surface area contributed by atoms with Gasteiger partial charge in [-0.25, -0.2) is 0 Å². The van der Waals surface area contributed by atoms with E-state index in [9.17, 15) is 4.79 Å². The molecule has 0 unspecified atom stereocenters. The third-order valence-corrected chi connectivity index (χ3v) is 5.83. The molecule has 1 aromatic heterocycles. The summed E-state index contributed by atoms with van der Waals surface area (Å²) in [7, 11) is 1.70. The Hall–Kier alpha value is -2.74. The van der Waals surface area contributed by atoms with Crippen LogP contribution in [0.1, 0.15) is 23.0 Å². The van der Waals surface area contributed by atoms with Crippen molar-refractivity contribution in [3.63, 3.8) is 0 Å². The van der Waals surface area contributed by atoms with Crippen LogP contribution in [0, 0.1) is 0 Å². The Morgan fingerprint density at radius 3 is 2.70 bits per heavy atom. The summed E-state index contributed by atoms with van der Waals surface area (Å²) in [6.45, 7) is 7.94. The molecular weight excluding hydrogens is 398 g/mol. The van der Waals surface area contributed by atoms with E-state index in [0.717, 1.165) is 55.7 Å². The van der Waals surface area contributed by atoms with Crippen LogP contribution in [0.5, 0.6) is 5.75 Å². The molecule has 0 aliphatic carbocycles. The number of hydrogen-bond donors (Lipinski definition) is 2. The number of carbonyl (C=O) groups is 1. The molecule has 1 fully saturated rings. The molecule has 2 heterocycles. The Labute approximate surface area is 182 Å². The first-order valence-electron chi connectivity index (χ1n) is 10.4. The number of guanidine groups is 1. The number of carbonyl (C=O) groups excluding carboxylic acids is 1. The number of anilines is 1. The molecule has 1 aromatic carbocycles. The molecule has 3 rings (SSSR count). The zero-order valence-electron chi connectivity index (χ0n) is 17.8. The van der Waals surface area contributed by atoms with Gasteiger partial charge in [0.15, 0.2) is 5.96 Å². The Morgan fingerprint density at radius 2 is 2.00 bits per heavy atom. The number of hydrogen-bond acceptors (Lipinski definition) is 5. The number of thiophene rings is 1. The van der Waals surface area contributed by atoms with Gasteiger partial charge >= 0.3 is 0 Å². The molecule has 8 heteroatoms. The highest BCUT2D eigenvalue weighted by atomic mass is 32.1. The van der Waals surface area contributed by atoms with Crippen LogP contribution in [0.2, 0.25) is 0 Å². The predicted molar refractivity (Wildman–Crippen MR) is 124 cm³/mol. The van der Waals surface area contributed by atoms with Crippen LogP contribution in [-0.4, -0.2) is 69.7 Å². The van der Waals surface area contributed by atoms with Crippen molar-refractivity contribution in [2.24, 2.45) is 4.99 Å². The van der Waals surface area contributed by atoms with E-state index in [-0.39, 0.29) is 5.91 Å². The van der Waals surface area contributed by atoms with Crippen molar-refractivity contribution in [1.82, 2.24) is 15.5 Å². The van der Waals surface area contributed by atoms with Gasteiger partial charge in [0, 0.05) is 57.6 Å². The fourth-order valence-corrected chi connectivity index (χ4v) is 4.01. The van der Waals surface area contributed by atoms with E-state index in [2.05, 4.69) is 39.5 Å². The first-order valence-corrected chi connectivity index (χ1v) is 11.3. The van der Waals surface area contributed by atoms with Crippen LogP contribution in [0.3, 0.4) is 0 Å². The van der Waals surface area contributed by atoms with Gasteiger partial charge in [0.1, 0.15) is 5.75 Å². The summed E-state index contributed by atoms with van der Waals surface area (Å²) < 4.78 is 5.34. The minimum absolute atomic E-state index is 0.00505. The van der Waals surface area contributed by atoms with Crippen LogP contribution in [0.25, 0.3) is 0 Å². The normalized spacial score (nSPS) is 14.5. The topological polar surface area (TPSA) is 69.2 Å². The van der Waals surface area contributed by atoms with Crippen molar-refractivity contribution < 1.29 is 9.53 Å². The fourth-order valence-electron chi connectivity index (χ4n) is 3.37. The third kappa shape index (κ3) is 6.13. The summed E-state index contributed by atoms with van der Waals surface area (Å²) in [6.07, 6.45) is 0.815. The van der Waals surface area contributed by atoms with Gasteiger partial charge < -0.3 is 25.2 Å². The Morgan fingerprint density at radius 1 is 1.17 bits per heavy atom. The van der Waals surface area contributed by atoms with Crippen molar-refractivity contribution in [2.75, 3.05) is 57.8 Å². The maximum atomic E-state index is 12.0. The number of ether oxygens (including phenoxy) is 1. The number of nitrogens with one attached hydrogen (secondary N) is 2. The van der Waals surface area contributed by atoms with Gasteiger partial charge in [-0.05, 0) is 36.9 Å². The lowest BCUT2D eigenvalue weighted by Gasteiger charge is -2.37. The maximum absolute atomic E-state index is 12.0. The summed E-state index contributed by atoms with van der Waals surface area (Å²) in [5.41, 5.74) is 1.19. The summed E-state index contributed by atoms with van der Waals surface area (Å²) in [5, 5.41) is 8.27. The predicted octanol–water partition coefficient (Wildman–Crippen LogP) is 2.66. The number of amides is 1. The van der Waals surface area contributed by atoms with Gasteiger partial charge in [-0.1, -0.05) is 12.1 Å². The zero-order chi connectivity index (χ0) is 21.2. The largest absolute Gasteiger partial charge is 0.497 e. The van der Waals surface area contributed by atoms with Crippen molar-refractivity contribution >= 4 is 28.9 Å². The van der Waals surface area contributed by atoms with Crippen LogP contribution in [-0.2, 0) is 0 Å². The molecule has 1 saturated heterocycles. The number of methoxy groups -OCH3 is 1. The van der Waals surface area contributed by atoms with E-state index >= 15 is 0 Å². The van der Waals surface area contributed by atoms with E-state index in [1.54, 1.807) is 7.11 Å². The number of piperazine rings is 1. The van der Waals surface area contributed by atoms with E-state index in [1.165, 1.54) is 17.0 Å². The highest BCUT2D eigenvalue weighted by Gasteiger charge is 2.20. The van der Waals surface area contributed by atoms with Crippen molar-refractivity contribution in [2.45, 2.75) is 13.3 Å². The van der Waals surface area contributed by atoms with Crippen molar-refractivity contribution in [3.8, 4) is 5.75 Å². The van der Waals surface area contributed by atoms with Crippen LogP contribution >= 0.6 is 11.3 Å². The molecule has 0 spiro atoms. The third-order valence-electron chi connectivity index (χ3n) is 4.96. The molecule has 0 radical (unpaired) electrons. The maximum Gasteiger partial charge on any atom is 0.261 e. The van der Waals surface area contributed by atoms with Crippen LogP contribution < -0.4 is 20.3 Å². The van der Waals surface area contributed by atoms with Crippen molar-refractivity contribution in [3.05, 3.63) is 46.7 Å². The standard InChI is InChI=1S/C22H31N5O2S/c1-3-23-22(25-11-6-10-24-21(28)20-9-5-16-30-20)27-14-12-26(13-15-27)18-7-4-8-19(17-18)29-2/h4-5,7-9,16-17H,3,6,10-15H2,1-2H3,(H,23,25)(H,24,28). The molecule has 162 valence electrons. The molecular formula is C22H31N5O2S. The molecule has 2 N–H and O–H groups in total. The molecule has 1 amide bonds.